The van der Waals surface area contributed by atoms with E-state index in [2.05, 4.69) is 41.5 Å². The van der Waals surface area contributed by atoms with Gasteiger partial charge in [0, 0.05) is 19.2 Å². The zero-order valence-electron chi connectivity index (χ0n) is 12.0. The van der Waals surface area contributed by atoms with E-state index in [1.807, 2.05) is 12.1 Å². The first-order valence-electron chi connectivity index (χ1n) is 6.65. The lowest BCUT2D eigenvalue weighted by atomic mass is 10.0. The van der Waals surface area contributed by atoms with Crippen LogP contribution in [0.3, 0.4) is 0 Å². The Hall–Kier alpha value is -2.24. The van der Waals surface area contributed by atoms with Gasteiger partial charge in [-0.2, -0.15) is 0 Å². The lowest BCUT2D eigenvalue weighted by molar-refractivity contribution is -0.118. The van der Waals surface area contributed by atoms with Gasteiger partial charge in [-0.1, -0.05) is 26.0 Å². The summed E-state index contributed by atoms with van der Waals surface area (Å²) in [6.45, 7) is 4.78. The Labute approximate surface area is 118 Å². The number of benzene rings is 1. The summed E-state index contributed by atoms with van der Waals surface area (Å²) in [6.07, 6.45) is 1.87. The second-order valence-corrected chi connectivity index (χ2v) is 5.02. The zero-order valence-corrected chi connectivity index (χ0v) is 12.0. The number of carbonyl (C=O) groups excluding carboxylic acids is 1. The number of rotatable bonds is 5. The first-order chi connectivity index (χ1) is 9.58. The molecule has 0 aliphatic rings. The fourth-order valence-corrected chi connectivity index (χ4v) is 1.89. The Morgan fingerprint density at radius 2 is 2.00 bits per heavy atom. The third-order valence-corrected chi connectivity index (χ3v) is 3.27. The van der Waals surface area contributed by atoms with Gasteiger partial charge in [0.05, 0.1) is 6.54 Å². The maximum absolute atomic E-state index is 12.1. The molecule has 0 radical (unpaired) electrons. The predicted molar refractivity (Wildman–Crippen MR) is 76.4 cm³/mol. The van der Waals surface area contributed by atoms with Crippen LogP contribution in [0.25, 0.3) is 0 Å². The van der Waals surface area contributed by atoms with E-state index in [1.165, 1.54) is 11.9 Å². The second kappa shape index (κ2) is 6.27. The van der Waals surface area contributed by atoms with Crippen LogP contribution in [-0.2, 0) is 11.3 Å². The van der Waals surface area contributed by atoms with Gasteiger partial charge in [-0.05, 0) is 34.0 Å². The van der Waals surface area contributed by atoms with Crippen LogP contribution in [0.4, 0.5) is 5.69 Å². The molecule has 2 aromatic rings. The molecule has 0 aliphatic heterocycles. The monoisotopic (exact) mass is 273 g/mol. The van der Waals surface area contributed by atoms with E-state index in [1.54, 1.807) is 16.6 Å². The van der Waals surface area contributed by atoms with Crippen molar-refractivity contribution in [1.82, 2.24) is 20.2 Å². The summed E-state index contributed by atoms with van der Waals surface area (Å²) < 4.78 is 1.55. The second-order valence-electron chi connectivity index (χ2n) is 5.02. The fraction of sp³-hybridized carbons (Fsp3) is 0.429. The van der Waals surface area contributed by atoms with Gasteiger partial charge < -0.3 is 4.90 Å². The van der Waals surface area contributed by atoms with E-state index in [0.29, 0.717) is 18.9 Å². The van der Waals surface area contributed by atoms with E-state index in [4.69, 9.17) is 0 Å². The molecule has 1 aromatic heterocycles. The maximum Gasteiger partial charge on any atom is 0.228 e. The molecule has 0 unspecified atom stereocenters. The van der Waals surface area contributed by atoms with E-state index < -0.39 is 0 Å². The Morgan fingerprint density at radius 1 is 1.30 bits per heavy atom. The summed E-state index contributed by atoms with van der Waals surface area (Å²) in [4.78, 5) is 13.8. The minimum atomic E-state index is 0.0396. The molecule has 0 saturated heterocycles. The van der Waals surface area contributed by atoms with Crippen molar-refractivity contribution in [3.63, 3.8) is 0 Å². The lowest BCUT2D eigenvalue weighted by Gasteiger charge is -2.18. The molecule has 6 heteroatoms. The van der Waals surface area contributed by atoms with Crippen LogP contribution in [-0.4, -0.2) is 33.2 Å². The number of nitrogens with zero attached hydrogens (tertiary/aromatic N) is 5. The minimum absolute atomic E-state index is 0.0396. The van der Waals surface area contributed by atoms with Crippen LogP contribution in [0.15, 0.2) is 30.6 Å². The number of anilines is 1. The SMILES string of the molecule is CC(C)c1ccc(N(C)C(=O)CCn2cnnn2)cc1. The molecule has 1 amide bonds. The lowest BCUT2D eigenvalue weighted by Crippen LogP contribution is -2.27. The third kappa shape index (κ3) is 3.40. The summed E-state index contributed by atoms with van der Waals surface area (Å²) in [7, 11) is 1.78. The topological polar surface area (TPSA) is 63.9 Å². The maximum atomic E-state index is 12.1. The third-order valence-electron chi connectivity index (χ3n) is 3.27. The van der Waals surface area contributed by atoms with Crippen LogP contribution >= 0.6 is 0 Å². The fourth-order valence-electron chi connectivity index (χ4n) is 1.89. The Balaban J connectivity index is 1.95. The molecule has 1 aromatic carbocycles. The van der Waals surface area contributed by atoms with Gasteiger partial charge in [0.2, 0.25) is 5.91 Å². The van der Waals surface area contributed by atoms with Crippen LogP contribution in [0.1, 0.15) is 31.7 Å². The summed E-state index contributed by atoms with van der Waals surface area (Å²) in [6, 6.07) is 8.07. The van der Waals surface area contributed by atoms with Crippen LogP contribution in [0.2, 0.25) is 0 Å². The first kappa shape index (κ1) is 14.2. The number of hydrogen-bond donors (Lipinski definition) is 0. The molecular weight excluding hydrogens is 254 g/mol. The van der Waals surface area contributed by atoms with Crippen molar-refractivity contribution in [1.29, 1.82) is 0 Å². The van der Waals surface area contributed by atoms with Crippen molar-refractivity contribution in [2.45, 2.75) is 32.7 Å². The highest BCUT2D eigenvalue weighted by atomic mass is 16.2. The number of amides is 1. The summed E-state index contributed by atoms with van der Waals surface area (Å²) >= 11 is 0. The zero-order chi connectivity index (χ0) is 14.5. The molecule has 20 heavy (non-hydrogen) atoms. The molecule has 0 fully saturated rings. The summed E-state index contributed by atoms with van der Waals surface area (Å²) in [5, 5.41) is 10.8. The number of tetrazole rings is 1. The van der Waals surface area contributed by atoms with Gasteiger partial charge >= 0.3 is 0 Å². The number of aromatic nitrogens is 4. The largest absolute Gasteiger partial charge is 0.315 e. The molecule has 1 heterocycles. The normalized spacial score (nSPS) is 10.8. The first-order valence-corrected chi connectivity index (χ1v) is 6.65. The molecule has 0 saturated carbocycles. The highest BCUT2D eigenvalue weighted by Crippen LogP contribution is 2.19. The summed E-state index contributed by atoms with van der Waals surface area (Å²) in [5.41, 5.74) is 2.17. The minimum Gasteiger partial charge on any atom is -0.315 e. The number of hydrogen-bond acceptors (Lipinski definition) is 4. The average Bonchev–Trinajstić information content (AvgIpc) is 2.97. The van der Waals surface area contributed by atoms with E-state index in [9.17, 15) is 4.79 Å². The Kier molecular flexibility index (Phi) is 4.45. The van der Waals surface area contributed by atoms with Gasteiger partial charge in [0.1, 0.15) is 6.33 Å². The van der Waals surface area contributed by atoms with E-state index in [0.717, 1.165) is 5.69 Å². The predicted octanol–water partition coefficient (Wildman–Crippen LogP) is 1.85. The van der Waals surface area contributed by atoms with Gasteiger partial charge in [-0.15, -0.1) is 5.10 Å². The molecule has 6 nitrogen and oxygen atoms in total. The molecular formula is C14H19N5O. The smallest absolute Gasteiger partial charge is 0.228 e. The molecule has 0 N–H and O–H groups in total. The number of aryl methyl sites for hydroxylation is 1. The molecule has 0 bridgehead atoms. The van der Waals surface area contributed by atoms with Crippen LogP contribution < -0.4 is 4.90 Å². The van der Waals surface area contributed by atoms with Crippen LogP contribution in [0.5, 0.6) is 0 Å². The molecule has 106 valence electrons. The van der Waals surface area contributed by atoms with Gasteiger partial charge in [0.15, 0.2) is 0 Å². The molecule has 2 rings (SSSR count). The standard InChI is InChI=1S/C14H19N5O/c1-11(2)12-4-6-13(7-5-12)18(3)14(20)8-9-19-10-15-16-17-19/h4-7,10-11H,8-9H2,1-3H3. The quantitative estimate of drug-likeness (QED) is 0.834. The van der Waals surface area contributed by atoms with E-state index >= 15 is 0 Å². The van der Waals surface area contributed by atoms with E-state index in [-0.39, 0.29) is 5.91 Å². The molecule has 0 atom stereocenters. The molecule has 0 aliphatic carbocycles. The summed E-state index contributed by atoms with van der Waals surface area (Å²) in [5.74, 6) is 0.530. The Bertz CT molecular complexity index is 547. The van der Waals surface area contributed by atoms with Gasteiger partial charge in [-0.3, -0.25) is 4.79 Å². The van der Waals surface area contributed by atoms with Gasteiger partial charge in [-0.25, -0.2) is 4.68 Å². The van der Waals surface area contributed by atoms with Crippen molar-refractivity contribution in [3.8, 4) is 0 Å². The Morgan fingerprint density at radius 3 is 2.55 bits per heavy atom. The highest BCUT2D eigenvalue weighted by molar-refractivity contribution is 5.92. The highest BCUT2D eigenvalue weighted by Gasteiger charge is 2.11. The van der Waals surface area contributed by atoms with Crippen molar-refractivity contribution >= 4 is 11.6 Å². The van der Waals surface area contributed by atoms with Crippen LogP contribution in [0, 0.1) is 0 Å². The van der Waals surface area contributed by atoms with Crippen molar-refractivity contribution in [2.75, 3.05) is 11.9 Å². The van der Waals surface area contributed by atoms with Crippen molar-refractivity contribution in [3.05, 3.63) is 36.2 Å². The van der Waals surface area contributed by atoms with Gasteiger partial charge in [0.25, 0.3) is 0 Å². The van der Waals surface area contributed by atoms with Crippen molar-refractivity contribution in [2.24, 2.45) is 0 Å². The average molecular weight is 273 g/mol. The van der Waals surface area contributed by atoms with Crippen molar-refractivity contribution < 1.29 is 4.79 Å². The molecule has 0 spiro atoms. The number of carbonyl (C=O) groups is 1.